The molecule has 6 N–H and O–H groups in total. The second-order valence-corrected chi connectivity index (χ2v) is 8.13. The highest BCUT2D eigenvalue weighted by molar-refractivity contribution is 7.80. The maximum Gasteiger partial charge on any atom is 0.417 e. The number of alkyl halides is 3. The van der Waals surface area contributed by atoms with Crippen molar-refractivity contribution in [2.24, 2.45) is 0 Å². The number of H-pyrrole nitrogens is 1. The van der Waals surface area contributed by atoms with Crippen molar-refractivity contribution in [1.82, 2.24) is 25.1 Å². The molecule has 186 valence electrons. The Kier molecular flexibility index (Phi) is 7.07. The summed E-state index contributed by atoms with van der Waals surface area (Å²) in [5.41, 5.74) is 0.402. The van der Waals surface area contributed by atoms with Crippen LogP contribution in [0.1, 0.15) is 11.3 Å². The highest BCUT2D eigenvalue weighted by atomic mass is 35.5. The lowest BCUT2D eigenvalue weighted by molar-refractivity contribution is -0.137. The van der Waals surface area contributed by atoms with Gasteiger partial charge in [0.2, 0.25) is 11.8 Å². The van der Waals surface area contributed by atoms with E-state index < -0.39 is 16.8 Å². The van der Waals surface area contributed by atoms with Crippen LogP contribution in [0.3, 0.4) is 0 Å². The average molecular weight is 536 g/mol. The predicted molar refractivity (Wildman–Crippen MR) is 134 cm³/mol. The van der Waals surface area contributed by atoms with Crippen LogP contribution in [0.4, 0.5) is 47.9 Å². The monoisotopic (exact) mass is 535 g/mol. The molecule has 0 unspecified atom stereocenters. The number of aromatic hydroxyl groups is 1. The SMILES string of the molecule is Cc1cc(Nc2cc(O)n[nH]2)nc(Nc2ccc(NC(=S)Nc3ccc(Cl)c(C(F)(F)F)c3)nc2)n1. The van der Waals surface area contributed by atoms with Gasteiger partial charge in [0.25, 0.3) is 0 Å². The molecule has 0 atom stereocenters. The number of benzene rings is 1. The van der Waals surface area contributed by atoms with Crippen LogP contribution in [0.25, 0.3) is 0 Å². The first-order valence-electron chi connectivity index (χ1n) is 10.1. The van der Waals surface area contributed by atoms with Crippen LogP contribution < -0.4 is 21.3 Å². The summed E-state index contributed by atoms with van der Waals surface area (Å²) in [7, 11) is 0. The van der Waals surface area contributed by atoms with Crippen LogP contribution >= 0.6 is 23.8 Å². The van der Waals surface area contributed by atoms with E-state index in [2.05, 4.69) is 46.4 Å². The number of thiocarbonyl (C=S) groups is 1. The highest BCUT2D eigenvalue weighted by Gasteiger charge is 2.33. The zero-order chi connectivity index (χ0) is 25.9. The molecule has 0 aliphatic carbocycles. The molecule has 3 heterocycles. The molecule has 10 nitrogen and oxygen atoms in total. The Bertz CT molecular complexity index is 1400. The number of aromatic amines is 1. The number of nitrogens with zero attached hydrogens (tertiary/aromatic N) is 4. The van der Waals surface area contributed by atoms with Gasteiger partial charge in [0, 0.05) is 23.5 Å². The molecule has 0 spiro atoms. The van der Waals surface area contributed by atoms with Gasteiger partial charge in [-0.1, -0.05) is 11.6 Å². The van der Waals surface area contributed by atoms with Gasteiger partial charge in [0.05, 0.1) is 22.5 Å². The lowest BCUT2D eigenvalue weighted by Gasteiger charge is -2.14. The third-order valence-electron chi connectivity index (χ3n) is 4.47. The number of aromatic nitrogens is 5. The van der Waals surface area contributed by atoms with Crippen molar-refractivity contribution in [3.05, 3.63) is 64.9 Å². The van der Waals surface area contributed by atoms with Gasteiger partial charge in [-0.2, -0.15) is 18.2 Å². The third kappa shape index (κ3) is 6.49. The van der Waals surface area contributed by atoms with Gasteiger partial charge in [-0.05, 0) is 49.5 Å². The molecule has 0 bridgehead atoms. The number of pyridine rings is 1. The summed E-state index contributed by atoms with van der Waals surface area (Å²) in [6.45, 7) is 1.79. The summed E-state index contributed by atoms with van der Waals surface area (Å²) in [5.74, 6) is 1.41. The Morgan fingerprint density at radius 2 is 1.78 bits per heavy atom. The van der Waals surface area contributed by atoms with Crippen molar-refractivity contribution in [2.75, 3.05) is 21.3 Å². The first-order valence-corrected chi connectivity index (χ1v) is 10.9. The standard InChI is InChI=1S/C21H17ClF3N9OS/c1-10-6-16(30-17-8-18(35)34-33-17)31-19(27-10)28-12-3-5-15(26-9-12)32-20(36)29-11-2-4-14(22)13(7-11)21(23,24)25/h2-9H,1H3,(H2,26,29,32,36)(H4,27,28,30,31,33,34,35). The number of anilines is 6. The second kappa shape index (κ2) is 10.2. The van der Waals surface area contributed by atoms with E-state index in [9.17, 15) is 18.3 Å². The van der Waals surface area contributed by atoms with Crippen molar-refractivity contribution < 1.29 is 18.3 Å². The van der Waals surface area contributed by atoms with Gasteiger partial charge in [-0.3, -0.25) is 5.10 Å². The fraction of sp³-hybridized carbons (Fsp3) is 0.0952. The number of nitrogens with one attached hydrogen (secondary N) is 5. The smallest absolute Gasteiger partial charge is 0.417 e. The quantitative estimate of drug-likeness (QED) is 0.174. The molecule has 1 aromatic carbocycles. The maximum absolute atomic E-state index is 13.0. The minimum absolute atomic E-state index is 0.0428. The lowest BCUT2D eigenvalue weighted by Crippen LogP contribution is -2.20. The topological polar surface area (TPSA) is 136 Å². The molecule has 0 aliphatic rings. The van der Waals surface area contributed by atoms with Crippen molar-refractivity contribution in [3.8, 4) is 5.88 Å². The summed E-state index contributed by atoms with van der Waals surface area (Å²) < 4.78 is 39.1. The van der Waals surface area contributed by atoms with Crippen LogP contribution in [0.2, 0.25) is 5.02 Å². The van der Waals surface area contributed by atoms with Crippen molar-refractivity contribution in [1.29, 1.82) is 0 Å². The van der Waals surface area contributed by atoms with Crippen LogP contribution in [-0.2, 0) is 6.18 Å². The Morgan fingerprint density at radius 3 is 2.44 bits per heavy atom. The molecule has 0 aliphatic heterocycles. The van der Waals surface area contributed by atoms with Crippen LogP contribution in [0, 0.1) is 6.92 Å². The van der Waals surface area contributed by atoms with Crippen molar-refractivity contribution in [3.63, 3.8) is 0 Å². The molecular weight excluding hydrogens is 519 g/mol. The summed E-state index contributed by atoms with van der Waals surface area (Å²) in [6.07, 6.45) is -3.09. The fourth-order valence-corrected chi connectivity index (χ4v) is 3.42. The molecule has 3 aromatic heterocycles. The first-order chi connectivity index (χ1) is 17.0. The summed E-state index contributed by atoms with van der Waals surface area (Å²) in [5, 5.41) is 26.7. The van der Waals surface area contributed by atoms with Gasteiger partial charge >= 0.3 is 6.18 Å². The average Bonchev–Trinajstić information content (AvgIpc) is 3.19. The number of aryl methyl sites for hydroxylation is 1. The molecule has 0 saturated heterocycles. The normalized spacial score (nSPS) is 11.1. The van der Waals surface area contributed by atoms with Crippen LogP contribution in [0.15, 0.2) is 48.7 Å². The molecular formula is C21H17ClF3N9OS. The van der Waals surface area contributed by atoms with Crippen LogP contribution in [0.5, 0.6) is 5.88 Å². The zero-order valence-corrected chi connectivity index (χ0v) is 19.8. The van der Waals surface area contributed by atoms with Crippen molar-refractivity contribution in [2.45, 2.75) is 13.1 Å². The van der Waals surface area contributed by atoms with Crippen molar-refractivity contribution >= 4 is 63.7 Å². The van der Waals surface area contributed by atoms with Gasteiger partial charge in [-0.25, -0.2) is 9.97 Å². The van der Waals surface area contributed by atoms with Gasteiger partial charge < -0.3 is 26.4 Å². The number of rotatable bonds is 6. The first kappa shape index (κ1) is 24.9. The fourth-order valence-electron chi connectivity index (χ4n) is 2.97. The Morgan fingerprint density at radius 1 is 1.00 bits per heavy atom. The van der Waals surface area contributed by atoms with E-state index in [4.69, 9.17) is 23.8 Å². The Balaban J connectivity index is 1.38. The van der Waals surface area contributed by atoms with Gasteiger partial charge in [-0.15, -0.1) is 5.10 Å². The van der Waals surface area contributed by atoms with Gasteiger partial charge in [0.1, 0.15) is 17.5 Å². The molecule has 0 fully saturated rings. The van der Waals surface area contributed by atoms with E-state index in [-0.39, 0.29) is 16.7 Å². The number of hydrogen-bond donors (Lipinski definition) is 6. The number of hydrogen-bond acceptors (Lipinski definition) is 8. The van der Waals surface area contributed by atoms with E-state index in [1.165, 1.54) is 18.3 Å². The molecule has 0 amide bonds. The third-order valence-corrected chi connectivity index (χ3v) is 5.01. The van der Waals surface area contributed by atoms with E-state index in [1.807, 2.05) is 0 Å². The lowest BCUT2D eigenvalue weighted by atomic mass is 10.2. The van der Waals surface area contributed by atoms with E-state index in [0.29, 0.717) is 34.8 Å². The summed E-state index contributed by atoms with van der Waals surface area (Å²) in [6, 6.07) is 9.81. The summed E-state index contributed by atoms with van der Waals surface area (Å²) >= 11 is 10.8. The molecule has 4 aromatic rings. The summed E-state index contributed by atoms with van der Waals surface area (Å²) in [4.78, 5) is 12.9. The molecule has 4 rings (SSSR count). The Labute approximate surface area is 212 Å². The molecule has 36 heavy (non-hydrogen) atoms. The van der Waals surface area contributed by atoms with E-state index in [0.717, 1.165) is 12.1 Å². The maximum atomic E-state index is 13.0. The zero-order valence-electron chi connectivity index (χ0n) is 18.3. The Hall–Kier alpha value is -4.17. The minimum Gasteiger partial charge on any atom is -0.492 e. The van der Waals surface area contributed by atoms with Crippen LogP contribution in [-0.4, -0.2) is 35.4 Å². The highest BCUT2D eigenvalue weighted by Crippen LogP contribution is 2.36. The second-order valence-electron chi connectivity index (χ2n) is 7.31. The van der Waals surface area contributed by atoms with E-state index >= 15 is 0 Å². The molecule has 0 saturated carbocycles. The molecule has 0 radical (unpaired) electrons. The largest absolute Gasteiger partial charge is 0.492 e. The molecule has 15 heteroatoms. The predicted octanol–water partition coefficient (Wildman–Crippen LogP) is 5.58. The minimum atomic E-state index is -4.59. The number of halogens is 4. The van der Waals surface area contributed by atoms with Gasteiger partial charge in [0.15, 0.2) is 5.11 Å². The van der Waals surface area contributed by atoms with E-state index in [1.54, 1.807) is 25.1 Å².